The number of hydrogen-bond acceptors (Lipinski definition) is 5. The van der Waals surface area contributed by atoms with Gasteiger partial charge in [0.25, 0.3) is 11.7 Å². The molecular formula is C24H27NO5. The second kappa shape index (κ2) is 8.32. The Kier molecular flexibility index (Phi) is 5.99. The molecule has 1 fully saturated rings. The van der Waals surface area contributed by atoms with E-state index in [2.05, 4.69) is 20.8 Å². The molecule has 0 spiro atoms. The molecule has 3 rings (SSSR count). The van der Waals surface area contributed by atoms with Gasteiger partial charge in [-0.1, -0.05) is 45.0 Å². The summed E-state index contributed by atoms with van der Waals surface area (Å²) in [5, 5.41) is 20.4. The van der Waals surface area contributed by atoms with Crippen molar-refractivity contribution >= 4 is 17.4 Å². The molecule has 1 aliphatic heterocycles. The first-order chi connectivity index (χ1) is 14.2. The summed E-state index contributed by atoms with van der Waals surface area (Å²) in [5.74, 6) is -1.13. The zero-order valence-electron chi connectivity index (χ0n) is 17.7. The molecule has 0 aliphatic carbocycles. The van der Waals surface area contributed by atoms with E-state index >= 15 is 0 Å². The van der Waals surface area contributed by atoms with Crippen LogP contribution in [0.3, 0.4) is 0 Å². The van der Waals surface area contributed by atoms with Crippen LogP contribution in [0.4, 0.5) is 0 Å². The van der Waals surface area contributed by atoms with Crippen LogP contribution in [0.1, 0.15) is 43.5 Å². The summed E-state index contributed by atoms with van der Waals surface area (Å²) in [5.41, 5.74) is 2.19. The first kappa shape index (κ1) is 21.6. The maximum Gasteiger partial charge on any atom is 0.295 e. The van der Waals surface area contributed by atoms with Gasteiger partial charge in [-0.15, -0.1) is 0 Å². The summed E-state index contributed by atoms with van der Waals surface area (Å²) in [6.07, 6.45) is 0. The third-order valence-electron chi connectivity index (χ3n) is 5.34. The van der Waals surface area contributed by atoms with Gasteiger partial charge in [0.05, 0.1) is 25.3 Å². The standard InChI is InChI=1S/C24H27NO5/c1-24(2,3)17-9-5-15(6-10-17)20-19(22(28)23(29)25(20)13-14-26)21(27)16-7-11-18(30-4)12-8-16/h5-12,20,26-27H,13-14H2,1-4H3/b21-19-. The number of carbonyl (C=O) groups excluding carboxylic acids is 2. The number of amides is 1. The minimum atomic E-state index is -0.770. The van der Waals surface area contributed by atoms with E-state index in [9.17, 15) is 19.8 Å². The highest BCUT2D eigenvalue weighted by Crippen LogP contribution is 2.39. The summed E-state index contributed by atoms with van der Waals surface area (Å²) in [7, 11) is 1.54. The lowest BCUT2D eigenvalue weighted by Gasteiger charge is -2.26. The fraction of sp³-hybridized carbons (Fsp3) is 0.333. The van der Waals surface area contributed by atoms with Crippen molar-refractivity contribution < 1.29 is 24.5 Å². The van der Waals surface area contributed by atoms with Crippen LogP contribution in [0, 0.1) is 0 Å². The summed E-state index contributed by atoms with van der Waals surface area (Å²) < 4.78 is 5.14. The highest BCUT2D eigenvalue weighted by molar-refractivity contribution is 6.46. The van der Waals surface area contributed by atoms with E-state index in [4.69, 9.17) is 4.74 Å². The molecule has 1 amide bonds. The van der Waals surface area contributed by atoms with Crippen LogP contribution in [0.15, 0.2) is 54.1 Å². The summed E-state index contributed by atoms with van der Waals surface area (Å²) in [6, 6.07) is 13.5. The second-order valence-electron chi connectivity index (χ2n) is 8.32. The van der Waals surface area contributed by atoms with Gasteiger partial charge < -0.3 is 19.8 Å². The number of ether oxygens (including phenoxy) is 1. The molecule has 0 radical (unpaired) electrons. The van der Waals surface area contributed by atoms with Crippen LogP contribution < -0.4 is 4.74 Å². The number of rotatable bonds is 5. The number of aliphatic hydroxyl groups is 2. The zero-order chi connectivity index (χ0) is 22.1. The highest BCUT2D eigenvalue weighted by Gasteiger charge is 2.45. The summed E-state index contributed by atoms with van der Waals surface area (Å²) in [4.78, 5) is 26.8. The first-order valence-electron chi connectivity index (χ1n) is 9.83. The number of benzene rings is 2. The lowest BCUT2D eigenvalue weighted by atomic mass is 9.85. The van der Waals surface area contributed by atoms with Crippen molar-refractivity contribution in [1.29, 1.82) is 0 Å². The van der Waals surface area contributed by atoms with Crippen molar-refractivity contribution in [2.75, 3.05) is 20.3 Å². The Labute approximate surface area is 176 Å². The van der Waals surface area contributed by atoms with Crippen molar-refractivity contribution in [3.8, 4) is 5.75 Å². The maximum absolute atomic E-state index is 12.8. The van der Waals surface area contributed by atoms with Crippen molar-refractivity contribution in [2.24, 2.45) is 0 Å². The van der Waals surface area contributed by atoms with Crippen LogP contribution in [-0.4, -0.2) is 47.1 Å². The number of carbonyl (C=O) groups is 2. The Bertz CT molecular complexity index is 968. The molecule has 1 saturated heterocycles. The van der Waals surface area contributed by atoms with Crippen LogP contribution in [0.5, 0.6) is 5.75 Å². The number of likely N-dealkylation sites (tertiary alicyclic amines) is 1. The van der Waals surface area contributed by atoms with Gasteiger partial charge >= 0.3 is 0 Å². The average molecular weight is 409 g/mol. The largest absolute Gasteiger partial charge is 0.507 e. The van der Waals surface area contributed by atoms with Gasteiger partial charge in [0.1, 0.15) is 11.5 Å². The molecule has 2 aromatic rings. The first-order valence-corrected chi connectivity index (χ1v) is 9.83. The van der Waals surface area contributed by atoms with E-state index in [-0.39, 0.29) is 29.9 Å². The third-order valence-corrected chi connectivity index (χ3v) is 5.34. The summed E-state index contributed by atoms with van der Waals surface area (Å²) >= 11 is 0. The molecule has 6 nitrogen and oxygen atoms in total. The maximum atomic E-state index is 12.8. The molecule has 0 saturated carbocycles. The van der Waals surface area contributed by atoms with Gasteiger partial charge in [0, 0.05) is 12.1 Å². The van der Waals surface area contributed by atoms with E-state index in [1.165, 1.54) is 12.0 Å². The molecule has 6 heteroatoms. The van der Waals surface area contributed by atoms with Gasteiger partial charge in [0.15, 0.2) is 0 Å². The molecule has 2 N–H and O–H groups in total. The van der Waals surface area contributed by atoms with Crippen LogP contribution in [-0.2, 0) is 15.0 Å². The van der Waals surface area contributed by atoms with Crippen LogP contribution in [0.2, 0.25) is 0 Å². The number of Topliss-reactive ketones (excluding diaryl/α,β-unsaturated/α-hetero) is 1. The van der Waals surface area contributed by atoms with E-state index < -0.39 is 17.7 Å². The Morgan fingerprint density at radius 1 is 1.03 bits per heavy atom. The van der Waals surface area contributed by atoms with Gasteiger partial charge in [-0.3, -0.25) is 9.59 Å². The number of hydrogen-bond donors (Lipinski definition) is 2. The Morgan fingerprint density at radius 2 is 1.63 bits per heavy atom. The SMILES string of the molecule is COc1ccc(/C(O)=C2/C(=O)C(=O)N(CCO)C2c2ccc(C(C)(C)C)cc2)cc1. The van der Waals surface area contributed by atoms with Crippen molar-refractivity contribution in [3.05, 3.63) is 70.8 Å². The topological polar surface area (TPSA) is 87.1 Å². The lowest BCUT2D eigenvalue weighted by molar-refractivity contribution is -0.140. The van der Waals surface area contributed by atoms with Gasteiger partial charge in [-0.25, -0.2) is 0 Å². The predicted molar refractivity (Wildman–Crippen MR) is 114 cm³/mol. The number of aliphatic hydroxyl groups excluding tert-OH is 2. The average Bonchev–Trinajstić information content (AvgIpc) is 2.98. The molecule has 1 atom stereocenters. The normalized spacial score (nSPS) is 18.7. The minimum Gasteiger partial charge on any atom is -0.507 e. The number of nitrogens with zero attached hydrogens (tertiary/aromatic N) is 1. The van der Waals surface area contributed by atoms with Gasteiger partial charge in [0.2, 0.25) is 0 Å². The molecule has 0 bridgehead atoms. The minimum absolute atomic E-state index is 0.00431. The molecule has 1 unspecified atom stereocenters. The molecule has 2 aromatic carbocycles. The van der Waals surface area contributed by atoms with Crippen molar-refractivity contribution in [3.63, 3.8) is 0 Å². The smallest absolute Gasteiger partial charge is 0.295 e. The third kappa shape index (κ3) is 3.96. The molecule has 30 heavy (non-hydrogen) atoms. The number of ketones is 1. The summed E-state index contributed by atoms with van der Waals surface area (Å²) in [6.45, 7) is 6.01. The Morgan fingerprint density at radius 3 is 2.13 bits per heavy atom. The fourth-order valence-corrected chi connectivity index (χ4v) is 3.63. The molecule has 1 aliphatic rings. The number of methoxy groups -OCH3 is 1. The van der Waals surface area contributed by atoms with Crippen molar-refractivity contribution in [2.45, 2.75) is 32.2 Å². The van der Waals surface area contributed by atoms with Gasteiger partial charge in [-0.2, -0.15) is 0 Å². The van der Waals surface area contributed by atoms with Gasteiger partial charge in [-0.05, 0) is 40.8 Å². The number of β-amino-alcohol motifs (C(OH)–C–C–N with tert-alkyl or cyclic N) is 1. The lowest BCUT2D eigenvalue weighted by Crippen LogP contribution is -2.32. The van der Waals surface area contributed by atoms with E-state index in [0.717, 1.165) is 5.56 Å². The Hall–Kier alpha value is -3.12. The molecule has 0 aromatic heterocycles. The van der Waals surface area contributed by atoms with E-state index in [1.54, 1.807) is 24.3 Å². The second-order valence-corrected chi connectivity index (χ2v) is 8.32. The fourth-order valence-electron chi connectivity index (χ4n) is 3.63. The monoisotopic (exact) mass is 409 g/mol. The molecular weight excluding hydrogens is 382 g/mol. The molecule has 1 heterocycles. The van der Waals surface area contributed by atoms with Crippen LogP contribution in [0.25, 0.3) is 5.76 Å². The quantitative estimate of drug-likeness (QED) is 0.449. The van der Waals surface area contributed by atoms with E-state index in [1.807, 2.05) is 24.3 Å². The van der Waals surface area contributed by atoms with Crippen molar-refractivity contribution in [1.82, 2.24) is 4.90 Å². The van der Waals surface area contributed by atoms with E-state index in [0.29, 0.717) is 16.9 Å². The molecule has 158 valence electrons. The predicted octanol–water partition coefficient (Wildman–Crippen LogP) is 3.41. The van der Waals surface area contributed by atoms with Crippen LogP contribution >= 0.6 is 0 Å². The highest BCUT2D eigenvalue weighted by atomic mass is 16.5. The Balaban J connectivity index is 2.13. The zero-order valence-corrected chi connectivity index (χ0v) is 17.7.